The Bertz CT molecular complexity index is 137. The molecule has 0 saturated heterocycles. The quantitative estimate of drug-likeness (QED) is 0.519. The highest BCUT2D eigenvalue weighted by Gasteiger charge is 2.25. The summed E-state index contributed by atoms with van der Waals surface area (Å²) in [6.45, 7) is 12.3. The van der Waals surface area contributed by atoms with Crippen LogP contribution in [-0.4, -0.2) is 23.3 Å². The van der Waals surface area contributed by atoms with Crippen LogP contribution in [0.2, 0.25) is 0 Å². The first-order valence-corrected chi connectivity index (χ1v) is 6.01. The van der Waals surface area contributed by atoms with E-state index in [0.717, 1.165) is 23.5 Å². The van der Waals surface area contributed by atoms with Gasteiger partial charge in [0, 0.05) is 0 Å². The van der Waals surface area contributed by atoms with Crippen LogP contribution in [0.3, 0.4) is 0 Å². The Labute approximate surface area is 86.0 Å². The minimum atomic E-state index is 0.258. The molecule has 0 aromatic carbocycles. The van der Waals surface area contributed by atoms with Gasteiger partial charge in [-0.1, -0.05) is 34.6 Å². The van der Waals surface area contributed by atoms with Crippen molar-refractivity contribution >= 4 is 10.5 Å². The number of hydrogen-bond donors (Lipinski definition) is 1. The smallest absolute Gasteiger partial charge is 0.148 e. The molecular weight excluding hydrogens is 178 g/mol. The highest BCUT2D eigenvalue weighted by Crippen LogP contribution is 2.31. The molecule has 80 valence electrons. The average molecular weight is 203 g/mol. The van der Waals surface area contributed by atoms with Crippen LogP contribution in [0.5, 0.6) is 0 Å². The van der Waals surface area contributed by atoms with E-state index < -0.39 is 0 Å². The van der Waals surface area contributed by atoms with Crippen molar-refractivity contribution in [1.29, 1.82) is 0 Å². The molecule has 0 spiro atoms. The molecule has 1 unspecified atom stereocenters. The first-order valence-electron chi connectivity index (χ1n) is 5.20. The molecule has 1 N–H and O–H groups in total. The van der Waals surface area contributed by atoms with Crippen LogP contribution in [0.15, 0.2) is 0 Å². The van der Waals surface area contributed by atoms with Gasteiger partial charge in [-0.25, -0.2) is 0 Å². The summed E-state index contributed by atoms with van der Waals surface area (Å²) in [4.78, 5) is 0. The lowest BCUT2D eigenvalue weighted by Crippen LogP contribution is -2.37. The van der Waals surface area contributed by atoms with Gasteiger partial charge in [-0.15, -0.1) is 0 Å². The predicted molar refractivity (Wildman–Crippen MR) is 61.7 cm³/mol. The first kappa shape index (κ1) is 13.1. The Hall–Kier alpha value is 0.137. The third kappa shape index (κ3) is 4.79. The molecular formula is C10H25NOSi. The van der Waals surface area contributed by atoms with Gasteiger partial charge in [-0.05, 0) is 24.3 Å². The van der Waals surface area contributed by atoms with Gasteiger partial charge in [0.2, 0.25) is 0 Å². The second-order valence-electron chi connectivity index (χ2n) is 4.63. The van der Waals surface area contributed by atoms with E-state index in [-0.39, 0.29) is 6.23 Å². The summed E-state index contributed by atoms with van der Waals surface area (Å²) in [5.41, 5.74) is 0.358. The second kappa shape index (κ2) is 5.78. The van der Waals surface area contributed by atoms with E-state index in [0.29, 0.717) is 11.3 Å². The van der Waals surface area contributed by atoms with Gasteiger partial charge < -0.3 is 4.43 Å². The van der Waals surface area contributed by atoms with Crippen molar-refractivity contribution in [2.24, 2.45) is 11.3 Å². The Morgan fingerprint density at radius 1 is 1.38 bits per heavy atom. The van der Waals surface area contributed by atoms with Crippen LogP contribution in [0.25, 0.3) is 0 Å². The topological polar surface area (TPSA) is 21.3 Å². The molecule has 3 heteroatoms. The van der Waals surface area contributed by atoms with E-state index in [9.17, 15) is 0 Å². The zero-order valence-corrected chi connectivity index (χ0v) is 12.0. The zero-order valence-electron chi connectivity index (χ0n) is 9.98. The molecule has 0 aliphatic carbocycles. The molecule has 13 heavy (non-hydrogen) atoms. The van der Waals surface area contributed by atoms with E-state index in [2.05, 4.69) is 39.9 Å². The summed E-state index contributed by atoms with van der Waals surface area (Å²) in [5, 5.41) is 3.36. The predicted octanol–water partition coefficient (Wildman–Crippen LogP) is 1.29. The molecule has 0 aliphatic rings. The van der Waals surface area contributed by atoms with Crippen LogP contribution in [-0.2, 0) is 4.43 Å². The van der Waals surface area contributed by atoms with E-state index in [4.69, 9.17) is 4.43 Å². The normalized spacial score (nSPS) is 15.2. The standard InChI is InChI=1S/C10H25NOSi/c1-6-11-9(12-13)7-10(4,5)8(2)3/h8-9,11H,6-7H2,1-5,13H3. The van der Waals surface area contributed by atoms with Crippen molar-refractivity contribution in [2.75, 3.05) is 6.54 Å². The largest absolute Gasteiger partial charge is 0.413 e. The molecule has 0 aliphatic heterocycles. The number of hydrogen-bond acceptors (Lipinski definition) is 2. The molecule has 0 aromatic rings. The fourth-order valence-electron chi connectivity index (χ4n) is 1.18. The Balaban J connectivity index is 4.05. The summed E-state index contributed by atoms with van der Waals surface area (Å²) in [5.74, 6) is 0.700. The zero-order chi connectivity index (χ0) is 10.5. The highest BCUT2D eigenvalue weighted by atomic mass is 28.2. The molecule has 0 heterocycles. The lowest BCUT2D eigenvalue weighted by Gasteiger charge is -2.33. The number of rotatable bonds is 6. The molecule has 0 radical (unpaired) electrons. The van der Waals surface area contributed by atoms with Gasteiger partial charge in [0.05, 0.1) is 6.23 Å². The van der Waals surface area contributed by atoms with Crippen molar-refractivity contribution in [3.63, 3.8) is 0 Å². The van der Waals surface area contributed by atoms with Gasteiger partial charge >= 0.3 is 0 Å². The van der Waals surface area contributed by atoms with E-state index in [1.54, 1.807) is 0 Å². The van der Waals surface area contributed by atoms with Crippen molar-refractivity contribution in [3.8, 4) is 0 Å². The minimum absolute atomic E-state index is 0.258. The third-order valence-electron chi connectivity index (χ3n) is 2.99. The molecule has 2 nitrogen and oxygen atoms in total. The fourth-order valence-corrected chi connectivity index (χ4v) is 1.51. The van der Waals surface area contributed by atoms with Crippen LogP contribution in [0, 0.1) is 11.3 Å². The van der Waals surface area contributed by atoms with Gasteiger partial charge in [0.25, 0.3) is 0 Å². The first-order chi connectivity index (χ1) is 5.94. The Morgan fingerprint density at radius 2 is 1.92 bits per heavy atom. The third-order valence-corrected chi connectivity index (χ3v) is 3.56. The van der Waals surface area contributed by atoms with Gasteiger partial charge in [0.1, 0.15) is 10.5 Å². The molecule has 0 fully saturated rings. The van der Waals surface area contributed by atoms with E-state index in [1.165, 1.54) is 0 Å². The van der Waals surface area contributed by atoms with Gasteiger partial charge in [-0.3, -0.25) is 5.32 Å². The highest BCUT2D eigenvalue weighted by molar-refractivity contribution is 5.98. The van der Waals surface area contributed by atoms with Gasteiger partial charge in [0.15, 0.2) is 0 Å². The Morgan fingerprint density at radius 3 is 2.23 bits per heavy atom. The van der Waals surface area contributed by atoms with Crippen LogP contribution in [0.1, 0.15) is 41.0 Å². The SMILES string of the molecule is CCNC(CC(C)(C)C(C)C)O[SiH3]. The number of nitrogens with one attached hydrogen (secondary N) is 1. The minimum Gasteiger partial charge on any atom is -0.413 e. The molecule has 0 rings (SSSR count). The lowest BCUT2D eigenvalue weighted by molar-refractivity contribution is 0.0920. The second-order valence-corrected chi connectivity index (χ2v) is 5.10. The molecule has 0 saturated carbocycles. The van der Waals surface area contributed by atoms with E-state index in [1.807, 2.05) is 0 Å². The monoisotopic (exact) mass is 203 g/mol. The Kier molecular flexibility index (Phi) is 5.84. The van der Waals surface area contributed by atoms with Crippen molar-refractivity contribution in [3.05, 3.63) is 0 Å². The van der Waals surface area contributed by atoms with Gasteiger partial charge in [-0.2, -0.15) is 0 Å². The molecule has 0 amide bonds. The fraction of sp³-hybridized carbons (Fsp3) is 1.00. The lowest BCUT2D eigenvalue weighted by atomic mass is 9.78. The van der Waals surface area contributed by atoms with E-state index >= 15 is 0 Å². The molecule has 1 atom stereocenters. The van der Waals surface area contributed by atoms with Crippen LogP contribution in [0.4, 0.5) is 0 Å². The summed E-state index contributed by atoms with van der Waals surface area (Å²) in [6.07, 6.45) is 1.36. The maximum absolute atomic E-state index is 5.50. The van der Waals surface area contributed by atoms with Crippen molar-refractivity contribution in [2.45, 2.75) is 47.3 Å². The molecule has 0 bridgehead atoms. The van der Waals surface area contributed by atoms with Crippen LogP contribution >= 0.6 is 0 Å². The summed E-state index contributed by atoms with van der Waals surface area (Å²) in [6, 6.07) is 0. The van der Waals surface area contributed by atoms with Crippen LogP contribution < -0.4 is 5.32 Å². The summed E-state index contributed by atoms with van der Waals surface area (Å²) in [7, 11) is 0.813. The van der Waals surface area contributed by atoms with Crippen molar-refractivity contribution < 1.29 is 4.43 Å². The maximum Gasteiger partial charge on any atom is 0.148 e. The maximum atomic E-state index is 5.50. The average Bonchev–Trinajstić information content (AvgIpc) is 2.03. The van der Waals surface area contributed by atoms with Crippen molar-refractivity contribution in [1.82, 2.24) is 5.32 Å². The summed E-state index contributed by atoms with van der Waals surface area (Å²) >= 11 is 0. The summed E-state index contributed by atoms with van der Waals surface area (Å²) < 4.78 is 5.50. The molecule has 0 aromatic heterocycles.